The van der Waals surface area contributed by atoms with Gasteiger partial charge in [-0.15, -0.1) is 0 Å². The third-order valence-corrected chi connectivity index (χ3v) is 3.52. The summed E-state index contributed by atoms with van der Waals surface area (Å²) in [7, 11) is 0. The smallest absolute Gasteiger partial charge is 0.292 e. The van der Waals surface area contributed by atoms with Crippen molar-refractivity contribution >= 4 is 34.6 Å². The third-order valence-electron chi connectivity index (χ3n) is 2.96. The maximum absolute atomic E-state index is 13.3. The SMILES string of the molecule is CC(Nc1cc(F)ccc1[N+](=O)[O-])c1ccc(Cl)cc1Cl. The van der Waals surface area contributed by atoms with Gasteiger partial charge in [0.15, 0.2) is 0 Å². The molecule has 1 unspecified atom stereocenters. The van der Waals surface area contributed by atoms with Crippen LogP contribution >= 0.6 is 23.2 Å². The van der Waals surface area contributed by atoms with Crippen LogP contribution in [0.15, 0.2) is 36.4 Å². The average molecular weight is 329 g/mol. The molecule has 0 fully saturated rings. The highest BCUT2D eigenvalue weighted by Gasteiger charge is 2.18. The molecule has 1 N–H and O–H groups in total. The second-order valence-electron chi connectivity index (χ2n) is 4.45. The number of anilines is 1. The fourth-order valence-electron chi connectivity index (χ4n) is 1.95. The zero-order chi connectivity index (χ0) is 15.6. The molecule has 0 aliphatic rings. The van der Waals surface area contributed by atoms with Gasteiger partial charge in [-0.25, -0.2) is 4.39 Å². The van der Waals surface area contributed by atoms with Gasteiger partial charge in [-0.2, -0.15) is 0 Å². The molecule has 2 aromatic carbocycles. The van der Waals surface area contributed by atoms with E-state index in [-0.39, 0.29) is 17.4 Å². The quantitative estimate of drug-likeness (QED) is 0.618. The minimum absolute atomic E-state index is 0.0958. The average Bonchev–Trinajstić information content (AvgIpc) is 2.37. The predicted octanol–water partition coefficient (Wildman–Crippen LogP) is 5.21. The van der Waals surface area contributed by atoms with E-state index in [2.05, 4.69) is 5.32 Å². The topological polar surface area (TPSA) is 55.2 Å². The van der Waals surface area contributed by atoms with Crippen molar-refractivity contribution < 1.29 is 9.31 Å². The Morgan fingerprint density at radius 2 is 1.95 bits per heavy atom. The van der Waals surface area contributed by atoms with Crippen molar-refractivity contribution in [2.24, 2.45) is 0 Å². The van der Waals surface area contributed by atoms with Gasteiger partial charge in [0, 0.05) is 22.2 Å². The molecule has 4 nitrogen and oxygen atoms in total. The van der Waals surface area contributed by atoms with Gasteiger partial charge in [0.05, 0.1) is 11.0 Å². The summed E-state index contributed by atoms with van der Waals surface area (Å²) in [5.74, 6) is -0.558. The first-order valence-corrected chi connectivity index (χ1v) is 6.79. The first kappa shape index (κ1) is 15.5. The second-order valence-corrected chi connectivity index (χ2v) is 5.29. The van der Waals surface area contributed by atoms with Crippen LogP contribution in [0.4, 0.5) is 15.8 Å². The zero-order valence-corrected chi connectivity index (χ0v) is 12.5. The van der Waals surface area contributed by atoms with Gasteiger partial charge in [0.2, 0.25) is 0 Å². The van der Waals surface area contributed by atoms with Crippen LogP contribution in [0.1, 0.15) is 18.5 Å². The zero-order valence-electron chi connectivity index (χ0n) is 10.9. The normalized spacial score (nSPS) is 12.0. The Morgan fingerprint density at radius 1 is 1.24 bits per heavy atom. The van der Waals surface area contributed by atoms with E-state index < -0.39 is 10.7 Å². The van der Waals surface area contributed by atoms with Gasteiger partial charge in [-0.1, -0.05) is 29.3 Å². The molecule has 0 amide bonds. The standard InChI is InChI=1S/C14H11Cl2FN2O2/c1-8(11-4-2-9(15)6-12(11)16)18-13-7-10(17)3-5-14(13)19(20)21/h2-8,18H,1H3. The van der Waals surface area contributed by atoms with E-state index in [1.54, 1.807) is 25.1 Å². The lowest BCUT2D eigenvalue weighted by atomic mass is 10.1. The third kappa shape index (κ3) is 3.62. The number of nitro groups is 1. The van der Waals surface area contributed by atoms with Crippen LogP contribution < -0.4 is 5.32 Å². The van der Waals surface area contributed by atoms with Crippen molar-refractivity contribution in [1.82, 2.24) is 0 Å². The van der Waals surface area contributed by atoms with Crippen molar-refractivity contribution in [3.8, 4) is 0 Å². The van der Waals surface area contributed by atoms with Crippen LogP contribution in [0.2, 0.25) is 10.0 Å². The molecule has 0 aliphatic carbocycles. The largest absolute Gasteiger partial charge is 0.373 e. The number of hydrogen-bond donors (Lipinski definition) is 1. The Bertz CT molecular complexity index is 695. The molecule has 0 bridgehead atoms. The van der Waals surface area contributed by atoms with E-state index >= 15 is 0 Å². The minimum Gasteiger partial charge on any atom is -0.373 e. The van der Waals surface area contributed by atoms with Crippen LogP contribution in [0.25, 0.3) is 0 Å². The number of benzene rings is 2. The molecular formula is C14H11Cl2FN2O2. The van der Waals surface area contributed by atoms with Crippen LogP contribution in [0.5, 0.6) is 0 Å². The number of hydrogen-bond acceptors (Lipinski definition) is 3. The monoisotopic (exact) mass is 328 g/mol. The van der Waals surface area contributed by atoms with Gasteiger partial charge in [0.25, 0.3) is 5.69 Å². The van der Waals surface area contributed by atoms with E-state index in [9.17, 15) is 14.5 Å². The molecule has 0 aliphatic heterocycles. The lowest BCUT2D eigenvalue weighted by molar-refractivity contribution is -0.384. The maximum Gasteiger partial charge on any atom is 0.292 e. The second kappa shape index (κ2) is 6.28. The minimum atomic E-state index is -0.571. The summed E-state index contributed by atoms with van der Waals surface area (Å²) in [4.78, 5) is 10.4. The summed E-state index contributed by atoms with van der Waals surface area (Å²) in [6.45, 7) is 1.77. The van der Waals surface area contributed by atoms with E-state index in [1.165, 1.54) is 0 Å². The predicted molar refractivity (Wildman–Crippen MR) is 81.6 cm³/mol. The van der Waals surface area contributed by atoms with Gasteiger partial charge < -0.3 is 5.32 Å². The van der Waals surface area contributed by atoms with Gasteiger partial charge in [-0.05, 0) is 30.7 Å². The lowest BCUT2D eigenvalue weighted by Gasteiger charge is -2.17. The van der Waals surface area contributed by atoms with E-state index in [0.29, 0.717) is 15.6 Å². The highest BCUT2D eigenvalue weighted by Crippen LogP contribution is 2.32. The summed E-state index contributed by atoms with van der Waals surface area (Å²) < 4.78 is 13.3. The maximum atomic E-state index is 13.3. The summed E-state index contributed by atoms with van der Waals surface area (Å²) >= 11 is 11.9. The Hall–Kier alpha value is -1.85. The lowest BCUT2D eigenvalue weighted by Crippen LogP contribution is -2.09. The molecule has 0 aromatic heterocycles. The van der Waals surface area contributed by atoms with Gasteiger partial charge >= 0.3 is 0 Å². The molecule has 0 heterocycles. The number of rotatable bonds is 4. The summed E-state index contributed by atoms with van der Waals surface area (Å²) in [6.07, 6.45) is 0. The Labute approximate surface area is 130 Å². The van der Waals surface area contributed by atoms with Gasteiger partial charge in [-0.3, -0.25) is 10.1 Å². The summed E-state index contributed by atoms with van der Waals surface area (Å²) in [5, 5.41) is 14.8. The molecule has 0 spiro atoms. The fraction of sp³-hybridized carbons (Fsp3) is 0.143. The molecule has 110 valence electrons. The van der Waals surface area contributed by atoms with Crippen LogP contribution in [-0.2, 0) is 0 Å². The molecule has 7 heteroatoms. The Kier molecular flexibility index (Phi) is 4.65. The molecule has 2 rings (SSSR count). The van der Waals surface area contributed by atoms with E-state index in [1.807, 2.05) is 0 Å². The van der Waals surface area contributed by atoms with Crippen molar-refractivity contribution in [2.75, 3.05) is 5.32 Å². The highest BCUT2D eigenvalue weighted by atomic mass is 35.5. The van der Waals surface area contributed by atoms with Crippen molar-refractivity contribution in [3.05, 3.63) is 67.9 Å². The Balaban J connectivity index is 2.33. The number of nitrogens with zero attached hydrogens (tertiary/aromatic N) is 1. The van der Waals surface area contributed by atoms with Crippen molar-refractivity contribution in [3.63, 3.8) is 0 Å². The first-order valence-electron chi connectivity index (χ1n) is 6.04. The van der Waals surface area contributed by atoms with Crippen molar-refractivity contribution in [2.45, 2.75) is 13.0 Å². The highest BCUT2D eigenvalue weighted by molar-refractivity contribution is 6.35. The number of halogens is 3. The van der Waals surface area contributed by atoms with Crippen LogP contribution in [0, 0.1) is 15.9 Å². The van der Waals surface area contributed by atoms with Crippen LogP contribution in [0.3, 0.4) is 0 Å². The van der Waals surface area contributed by atoms with E-state index in [4.69, 9.17) is 23.2 Å². The van der Waals surface area contributed by atoms with E-state index in [0.717, 1.165) is 18.2 Å². The van der Waals surface area contributed by atoms with Crippen molar-refractivity contribution in [1.29, 1.82) is 0 Å². The molecule has 1 atom stereocenters. The number of nitrogens with one attached hydrogen (secondary N) is 1. The molecule has 21 heavy (non-hydrogen) atoms. The molecule has 0 saturated heterocycles. The molecular weight excluding hydrogens is 318 g/mol. The first-order chi connectivity index (χ1) is 9.88. The number of nitro benzene ring substituents is 1. The van der Waals surface area contributed by atoms with Crippen LogP contribution in [-0.4, -0.2) is 4.92 Å². The summed E-state index contributed by atoms with van der Waals surface area (Å²) in [5.41, 5.74) is 0.603. The summed E-state index contributed by atoms with van der Waals surface area (Å²) in [6, 6.07) is 7.86. The molecule has 2 aromatic rings. The van der Waals surface area contributed by atoms with Gasteiger partial charge in [0.1, 0.15) is 11.5 Å². The fourth-order valence-corrected chi connectivity index (χ4v) is 2.52. The molecule has 0 radical (unpaired) electrons. The molecule has 0 saturated carbocycles. The Morgan fingerprint density at radius 3 is 2.57 bits per heavy atom.